The lowest BCUT2D eigenvalue weighted by Gasteiger charge is -2.25. The molecule has 0 aliphatic carbocycles. The number of hydrogen-bond acceptors (Lipinski definition) is 5. The molecule has 7 nitrogen and oxygen atoms in total. The van der Waals surface area contributed by atoms with Crippen LogP contribution in [0.25, 0.3) is 11.0 Å². The number of amides is 1. The number of aromatic amines is 1. The highest BCUT2D eigenvalue weighted by Crippen LogP contribution is 2.31. The number of H-pyrrole nitrogens is 1. The van der Waals surface area contributed by atoms with Gasteiger partial charge in [0.2, 0.25) is 6.10 Å². The first-order valence-corrected chi connectivity index (χ1v) is 7.21. The average molecular weight is 310 g/mol. The van der Waals surface area contributed by atoms with Crippen molar-refractivity contribution in [1.82, 2.24) is 15.2 Å². The van der Waals surface area contributed by atoms with Crippen LogP contribution in [0.15, 0.2) is 36.5 Å². The Morgan fingerprint density at radius 1 is 1.35 bits per heavy atom. The molecule has 3 aromatic rings. The number of hydrogen-bond donors (Lipinski definition) is 2. The van der Waals surface area contributed by atoms with Gasteiger partial charge < -0.3 is 14.8 Å². The van der Waals surface area contributed by atoms with Gasteiger partial charge in [0.15, 0.2) is 17.1 Å². The quantitative estimate of drug-likeness (QED) is 0.756. The van der Waals surface area contributed by atoms with Gasteiger partial charge in [-0.3, -0.25) is 9.89 Å². The van der Waals surface area contributed by atoms with Gasteiger partial charge in [0.1, 0.15) is 6.61 Å². The lowest BCUT2D eigenvalue weighted by molar-refractivity contribution is -0.125. The predicted octanol–water partition coefficient (Wildman–Crippen LogP) is 2.04. The van der Waals surface area contributed by atoms with Gasteiger partial charge in [0.05, 0.1) is 11.9 Å². The zero-order valence-electron chi connectivity index (χ0n) is 12.4. The van der Waals surface area contributed by atoms with Crippen LogP contribution < -0.4 is 14.8 Å². The number of fused-ring (bicyclic) bond motifs is 2. The first-order valence-electron chi connectivity index (χ1n) is 7.21. The van der Waals surface area contributed by atoms with Gasteiger partial charge in [-0.1, -0.05) is 12.1 Å². The summed E-state index contributed by atoms with van der Waals surface area (Å²) in [6.45, 7) is 2.07. The van der Waals surface area contributed by atoms with Crippen molar-refractivity contribution >= 4 is 22.6 Å². The molecule has 0 saturated carbocycles. The van der Waals surface area contributed by atoms with E-state index >= 15 is 0 Å². The van der Waals surface area contributed by atoms with E-state index < -0.39 is 6.10 Å². The van der Waals surface area contributed by atoms with E-state index in [2.05, 4.69) is 20.5 Å². The molecule has 3 heterocycles. The molecule has 1 amide bonds. The maximum absolute atomic E-state index is 12.4. The highest BCUT2D eigenvalue weighted by Gasteiger charge is 2.27. The summed E-state index contributed by atoms with van der Waals surface area (Å²) in [4.78, 5) is 16.6. The molecule has 2 N–H and O–H groups in total. The summed E-state index contributed by atoms with van der Waals surface area (Å²) in [7, 11) is 0. The number of nitrogens with one attached hydrogen (secondary N) is 2. The Kier molecular flexibility index (Phi) is 3.11. The number of pyridine rings is 1. The summed E-state index contributed by atoms with van der Waals surface area (Å²) in [5, 5.41) is 10.6. The fraction of sp³-hybridized carbons (Fsp3) is 0.188. The summed E-state index contributed by atoms with van der Waals surface area (Å²) in [5.41, 5.74) is 2.11. The van der Waals surface area contributed by atoms with Crippen LogP contribution in [0.2, 0.25) is 0 Å². The van der Waals surface area contributed by atoms with Crippen LogP contribution in [0, 0.1) is 6.92 Å². The summed E-state index contributed by atoms with van der Waals surface area (Å²) in [6, 6.07) is 9.11. The van der Waals surface area contributed by atoms with Crippen LogP contribution in [-0.2, 0) is 4.79 Å². The third-order valence-corrected chi connectivity index (χ3v) is 3.67. The third kappa shape index (κ3) is 2.46. The Morgan fingerprint density at radius 3 is 3.04 bits per heavy atom. The van der Waals surface area contributed by atoms with E-state index in [-0.39, 0.29) is 12.5 Å². The number of nitrogens with zero attached hydrogens (tertiary/aromatic N) is 2. The van der Waals surface area contributed by atoms with Gasteiger partial charge in [-0.25, -0.2) is 4.98 Å². The van der Waals surface area contributed by atoms with Crippen molar-refractivity contribution in [3.63, 3.8) is 0 Å². The highest BCUT2D eigenvalue weighted by molar-refractivity contribution is 5.96. The topological polar surface area (TPSA) is 89.1 Å². The summed E-state index contributed by atoms with van der Waals surface area (Å²) >= 11 is 0. The standard InChI is InChI=1S/C16H14N4O3/c1-9-11-6-10(7-17-15(11)20-19-9)18-16(21)14-8-22-12-4-2-3-5-13(12)23-14/h2-7,14H,8H2,1H3,(H,18,21)(H,17,19,20). The third-order valence-electron chi connectivity index (χ3n) is 3.67. The smallest absolute Gasteiger partial charge is 0.269 e. The molecule has 1 aromatic carbocycles. The normalized spacial score (nSPS) is 16.3. The summed E-state index contributed by atoms with van der Waals surface area (Å²) in [5.74, 6) is 0.939. The lowest BCUT2D eigenvalue weighted by atomic mass is 10.2. The van der Waals surface area contributed by atoms with Crippen molar-refractivity contribution in [2.75, 3.05) is 11.9 Å². The van der Waals surface area contributed by atoms with Crippen molar-refractivity contribution in [1.29, 1.82) is 0 Å². The number of aryl methyl sites for hydroxylation is 1. The van der Waals surface area contributed by atoms with E-state index in [4.69, 9.17) is 9.47 Å². The van der Waals surface area contributed by atoms with Crippen LogP contribution >= 0.6 is 0 Å². The number of benzene rings is 1. The monoisotopic (exact) mass is 310 g/mol. The van der Waals surface area contributed by atoms with Crippen LogP contribution in [0.1, 0.15) is 5.69 Å². The number of rotatable bonds is 2. The fourth-order valence-electron chi connectivity index (χ4n) is 2.46. The van der Waals surface area contributed by atoms with Crippen LogP contribution in [0.3, 0.4) is 0 Å². The minimum absolute atomic E-state index is 0.170. The van der Waals surface area contributed by atoms with Gasteiger partial charge in [-0.2, -0.15) is 5.10 Å². The van der Waals surface area contributed by atoms with Gasteiger partial charge in [0.25, 0.3) is 5.91 Å². The Balaban J connectivity index is 1.52. The molecule has 0 saturated heterocycles. The highest BCUT2D eigenvalue weighted by atomic mass is 16.6. The van der Waals surface area contributed by atoms with Crippen LogP contribution in [0.4, 0.5) is 5.69 Å². The lowest BCUT2D eigenvalue weighted by Crippen LogP contribution is -2.40. The molecular weight excluding hydrogens is 296 g/mol. The molecule has 0 radical (unpaired) electrons. The minimum Gasteiger partial charge on any atom is -0.485 e. The molecule has 2 aromatic heterocycles. The van der Waals surface area contributed by atoms with Crippen molar-refractivity contribution in [2.45, 2.75) is 13.0 Å². The number of carbonyl (C=O) groups excluding carboxylic acids is 1. The SMILES string of the molecule is Cc1[nH]nc2ncc(NC(=O)C3COc4ccccc4O3)cc12. The molecule has 116 valence electrons. The number of aromatic nitrogens is 3. The van der Waals surface area contributed by atoms with E-state index in [1.54, 1.807) is 12.3 Å². The van der Waals surface area contributed by atoms with Gasteiger partial charge in [0, 0.05) is 11.1 Å². The fourth-order valence-corrected chi connectivity index (χ4v) is 2.46. The van der Waals surface area contributed by atoms with E-state index in [1.165, 1.54) is 0 Å². The van der Waals surface area contributed by atoms with Gasteiger partial charge >= 0.3 is 0 Å². The average Bonchev–Trinajstić information content (AvgIpc) is 2.95. The van der Waals surface area contributed by atoms with Crippen molar-refractivity contribution in [3.8, 4) is 11.5 Å². The Labute approximate surface area is 131 Å². The van der Waals surface area contributed by atoms with Crippen molar-refractivity contribution < 1.29 is 14.3 Å². The molecule has 1 aliphatic rings. The number of anilines is 1. The maximum Gasteiger partial charge on any atom is 0.269 e. The maximum atomic E-state index is 12.4. The molecule has 1 unspecified atom stereocenters. The van der Waals surface area contributed by atoms with E-state index in [9.17, 15) is 4.79 Å². The molecular formula is C16H14N4O3. The Morgan fingerprint density at radius 2 is 2.17 bits per heavy atom. The summed E-state index contributed by atoms with van der Waals surface area (Å²) < 4.78 is 11.2. The van der Waals surface area contributed by atoms with E-state index in [1.807, 2.05) is 31.2 Å². The molecule has 23 heavy (non-hydrogen) atoms. The molecule has 1 atom stereocenters. The van der Waals surface area contributed by atoms with E-state index in [0.717, 1.165) is 11.1 Å². The van der Waals surface area contributed by atoms with Crippen LogP contribution in [0.5, 0.6) is 11.5 Å². The molecule has 7 heteroatoms. The molecule has 0 fully saturated rings. The zero-order valence-corrected chi connectivity index (χ0v) is 12.4. The second kappa shape index (κ2) is 5.28. The van der Waals surface area contributed by atoms with E-state index in [0.29, 0.717) is 22.8 Å². The molecule has 4 rings (SSSR count). The number of ether oxygens (including phenoxy) is 2. The second-order valence-electron chi connectivity index (χ2n) is 5.30. The number of carbonyl (C=O) groups is 1. The van der Waals surface area contributed by atoms with Crippen molar-refractivity contribution in [2.24, 2.45) is 0 Å². The summed E-state index contributed by atoms with van der Waals surface area (Å²) in [6.07, 6.45) is 0.865. The minimum atomic E-state index is -0.703. The largest absolute Gasteiger partial charge is 0.485 e. The molecule has 0 spiro atoms. The van der Waals surface area contributed by atoms with Crippen molar-refractivity contribution in [3.05, 3.63) is 42.2 Å². The Bertz CT molecular complexity index is 890. The first kappa shape index (κ1) is 13.6. The first-order chi connectivity index (χ1) is 11.2. The van der Waals surface area contributed by atoms with Gasteiger partial charge in [-0.05, 0) is 25.1 Å². The van der Waals surface area contributed by atoms with Gasteiger partial charge in [-0.15, -0.1) is 0 Å². The predicted molar refractivity (Wildman–Crippen MR) is 83.6 cm³/mol. The number of para-hydroxylation sites is 2. The molecule has 0 bridgehead atoms. The van der Waals surface area contributed by atoms with Crippen LogP contribution in [-0.4, -0.2) is 33.8 Å². The zero-order chi connectivity index (χ0) is 15.8. The Hall–Kier alpha value is -3.09. The second-order valence-corrected chi connectivity index (χ2v) is 5.30. The molecule has 1 aliphatic heterocycles.